The fourth-order valence-electron chi connectivity index (χ4n) is 2.01. The minimum Gasteiger partial charge on any atom is -0.496 e. The highest BCUT2D eigenvalue weighted by molar-refractivity contribution is 7.83. The lowest BCUT2D eigenvalue weighted by molar-refractivity contribution is 0.282. The molecule has 0 aliphatic carbocycles. The van der Waals surface area contributed by atoms with Gasteiger partial charge in [-0.25, -0.2) is 0 Å². The maximum Gasteiger partial charge on any atom is 0.123 e. The molecule has 21 heavy (non-hydrogen) atoms. The first-order chi connectivity index (χ1) is 10.1. The van der Waals surface area contributed by atoms with Gasteiger partial charge in [0.25, 0.3) is 0 Å². The van der Waals surface area contributed by atoms with Crippen LogP contribution in [0, 0.1) is 0 Å². The van der Waals surface area contributed by atoms with E-state index in [1.54, 1.807) is 25.3 Å². The van der Waals surface area contributed by atoms with E-state index in [0.29, 0.717) is 22.3 Å². The maximum atomic E-state index is 12.3. The molecule has 0 aromatic heterocycles. The van der Waals surface area contributed by atoms with Crippen LogP contribution in [0.4, 0.5) is 0 Å². The van der Waals surface area contributed by atoms with Crippen molar-refractivity contribution in [2.45, 2.75) is 18.1 Å². The number of hydrogen-bond acceptors (Lipinski definition) is 3. The summed E-state index contributed by atoms with van der Waals surface area (Å²) in [4.78, 5) is 0. The normalized spacial score (nSPS) is 12.1. The van der Waals surface area contributed by atoms with Gasteiger partial charge in [0.05, 0.1) is 19.5 Å². The predicted molar refractivity (Wildman–Crippen MR) is 85.9 cm³/mol. The Morgan fingerprint density at radius 1 is 1.10 bits per heavy atom. The average Bonchev–Trinajstić information content (AvgIpc) is 2.48. The maximum absolute atomic E-state index is 12.3. The van der Waals surface area contributed by atoms with Gasteiger partial charge in [-0.1, -0.05) is 35.9 Å². The van der Waals surface area contributed by atoms with E-state index in [9.17, 15) is 4.21 Å². The van der Waals surface area contributed by atoms with Crippen LogP contribution in [0.2, 0.25) is 5.02 Å². The van der Waals surface area contributed by atoms with Gasteiger partial charge in [-0.05, 0) is 29.3 Å². The lowest BCUT2D eigenvalue weighted by Crippen LogP contribution is -2.01. The minimum atomic E-state index is -1.05. The Kier molecular flexibility index (Phi) is 5.79. The zero-order chi connectivity index (χ0) is 15.2. The first-order valence-corrected chi connectivity index (χ1v) is 8.35. The highest BCUT2D eigenvalue weighted by Crippen LogP contribution is 2.24. The Labute approximate surface area is 132 Å². The standard InChI is InChI=1S/C16H17ClO3S/c1-20-16-7-6-15(17)8-14(16)11-21(19)10-13-4-2-12(9-18)3-5-13/h2-8,18H,9-11H2,1H3. The molecule has 2 rings (SSSR count). The molecule has 5 heteroatoms. The van der Waals surface area contributed by atoms with Gasteiger partial charge in [0.1, 0.15) is 5.75 Å². The van der Waals surface area contributed by atoms with Crippen molar-refractivity contribution in [3.05, 3.63) is 64.2 Å². The van der Waals surface area contributed by atoms with E-state index in [1.807, 2.05) is 24.3 Å². The van der Waals surface area contributed by atoms with Gasteiger partial charge in [-0.2, -0.15) is 0 Å². The van der Waals surface area contributed by atoms with Crippen molar-refractivity contribution < 1.29 is 14.1 Å². The third kappa shape index (κ3) is 4.56. The molecule has 0 fully saturated rings. The summed E-state index contributed by atoms with van der Waals surface area (Å²) in [5.41, 5.74) is 2.67. The zero-order valence-electron chi connectivity index (χ0n) is 11.7. The van der Waals surface area contributed by atoms with E-state index in [1.165, 1.54) is 0 Å². The Hall–Kier alpha value is -1.36. The molecule has 1 unspecified atom stereocenters. The Morgan fingerprint density at radius 2 is 1.76 bits per heavy atom. The summed E-state index contributed by atoms with van der Waals surface area (Å²) in [7, 11) is 0.535. The second-order valence-electron chi connectivity index (χ2n) is 4.66. The number of halogens is 1. The molecule has 0 heterocycles. The van der Waals surface area contributed by atoms with E-state index in [0.717, 1.165) is 16.7 Å². The molecule has 0 saturated carbocycles. The third-order valence-electron chi connectivity index (χ3n) is 3.09. The number of hydrogen-bond donors (Lipinski definition) is 1. The van der Waals surface area contributed by atoms with Gasteiger partial charge in [0.2, 0.25) is 0 Å². The number of aliphatic hydroxyl groups is 1. The van der Waals surface area contributed by atoms with E-state index < -0.39 is 10.8 Å². The molecular formula is C16H17ClO3S. The van der Waals surface area contributed by atoms with E-state index in [-0.39, 0.29) is 6.61 Å². The van der Waals surface area contributed by atoms with Gasteiger partial charge in [-0.15, -0.1) is 0 Å². The number of methoxy groups -OCH3 is 1. The minimum absolute atomic E-state index is 0.0169. The van der Waals surface area contributed by atoms with Crippen molar-refractivity contribution in [2.75, 3.05) is 7.11 Å². The number of benzene rings is 2. The first kappa shape index (κ1) is 16.0. The van der Waals surface area contributed by atoms with Crippen molar-refractivity contribution in [3.63, 3.8) is 0 Å². The second-order valence-corrected chi connectivity index (χ2v) is 6.55. The van der Waals surface area contributed by atoms with Crippen LogP contribution in [-0.4, -0.2) is 16.4 Å². The molecule has 112 valence electrons. The van der Waals surface area contributed by atoms with Gasteiger partial charge >= 0.3 is 0 Å². The van der Waals surface area contributed by atoms with Crippen LogP contribution in [0.25, 0.3) is 0 Å². The molecule has 2 aromatic rings. The number of ether oxygens (including phenoxy) is 1. The fraction of sp³-hybridized carbons (Fsp3) is 0.250. The second kappa shape index (κ2) is 7.59. The van der Waals surface area contributed by atoms with Gasteiger partial charge < -0.3 is 9.84 Å². The number of rotatable bonds is 6. The van der Waals surface area contributed by atoms with Gasteiger partial charge in [0.15, 0.2) is 0 Å². The smallest absolute Gasteiger partial charge is 0.123 e. The van der Waals surface area contributed by atoms with Crippen molar-refractivity contribution in [3.8, 4) is 5.75 Å². The SMILES string of the molecule is COc1ccc(Cl)cc1CS(=O)Cc1ccc(CO)cc1. The lowest BCUT2D eigenvalue weighted by Gasteiger charge is -2.09. The Balaban J connectivity index is 2.05. The molecule has 0 bridgehead atoms. The van der Waals surface area contributed by atoms with Crippen LogP contribution in [0.5, 0.6) is 5.75 Å². The van der Waals surface area contributed by atoms with Crippen LogP contribution >= 0.6 is 11.6 Å². The summed E-state index contributed by atoms with van der Waals surface area (Å²) >= 11 is 5.97. The summed E-state index contributed by atoms with van der Waals surface area (Å²) in [6, 6.07) is 12.8. The van der Waals surface area contributed by atoms with E-state index >= 15 is 0 Å². The molecule has 0 amide bonds. The average molecular weight is 325 g/mol. The van der Waals surface area contributed by atoms with Crippen LogP contribution < -0.4 is 4.74 Å². The largest absolute Gasteiger partial charge is 0.496 e. The highest BCUT2D eigenvalue weighted by Gasteiger charge is 2.09. The quantitative estimate of drug-likeness (QED) is 0.887. The molecular weight excluding hydrogens is 308 g/mol. The summed E-state index contributed by atoms with van der Waals surface area (Å²) in [5.74, 6) is 1.55. The molecule has 0 radical (unpaired) electrons. The molecule has 0 aliphatic rings. The Morgan fingerprint density at radius 3 is 2.38 bits per heavy atom. The summed E-state index contributed by atoms with van der Waals surface area (Å²) in [5, 5.41) is 9.61. The van der Waals surface area contributed by atoms with Crippen molar-refractivity contribution in [2.24, 2.45) is 0 Å². The summed E-state index contributed by atoms with van der Waals surface area (Å²) in [6.07, 6.45) is 0. The zero-order valence-corrected chi connectivity index (χ0v) is 13.3. The van der Waals surface area contributed by atoms with Crippen LogP contribution in [0.15, 0.2) is 42.5 Å². The van der Waals surface area contributed by atoms with E-state index in [4.69, 9.17) is 21.4 Å². The number of aliphatic hydroxyl groups excluding tert-OH is 1. The van der Waals surface area contributed by atoms with Crippen LogP contribution in [0.1, 0.15) is 16.7 Å². The molecule has 2 aromatic carbocycles. The van der Waals surface area contributed by atoms with Crippen molar-refractivity contribution in [1.29, 1.82) is 0 Å². The van der Waals surface area contributed by atoms with Crippen molar-refractivity contribution in [1.82, 2.24) is 0 Å². The van der Waals surface area contributed by atoms with Gasteiger partial charge in [-0.3, -0.25) is 4.21 Å². The topological polar surface area (TPSA) is 46.5 Å². The molecule has 1 N–H and O–H groups in total. The molecule has 0 aliphatic heterocycles. The summed E-state index contributed by atoms with van der Waals surface area (Å²) in [6.45, 7) is 0.0169. The summed E-state index contributed by atoms with van der Waals surface area (Å²) < 4.78 is 17.5. The highest BCUT2D eigenvalue weighted by atomic mass is 35.5. The van der Waals surface area contributed by atoms with Crippen LogP contribution in [-0.2, 0) is 28.9 Å². The molecule has 3 nitrogen and oxygen atoms in total. The predicted octanol–water partition coefficient (Wildman–Crippen LogP) is 3.29. The molecule has 0 saturated heterocycles. The molecule has 1 atom stereocenters. The van der Waals surface area contributed by atoms with E-state index in [2.05, 4.69) is 0 Å². The fourth-order valence-corrected chi connectivity index (χ4v) is 3.44. The molecule has 0 spiro atoms. The monoisotopic (exact) mass is 324 g/mol. The third-order valence-corrected chi connectivity index (χ3v) is 4.62. The van der Waals surface area contributed by atoms with Gasteiger partial charge in [0, 0.05) is 27.1 Å². The lowest BCUT2D eigenvalue weighted by atomic mass is 10.2. The first-order valence-electron chi connectivity index (χ1n) is 6.48. The van der Waals surface area contributed by atoms with Crippen molar-refractivity contribution >= 4 is 22.4 Å². The Bertz CT molecular complexity index is 626. The van der Waals surface area contributed by atoms with Crippen LogP contribution in [0.3, 0.4) is 0 Å².